The molecule has 6 rings (SSSR count). The molecule has 4 aliphatic rings. The molecule has 0 saturated heterocycles. The zero-order valence-electron chi connectivity index (χ0n) is 27.1. The Morgan fingerprint density at radius 3 is 2.74 bits per heavy atom. The number of carbonyl (C=O) groups excluding carboxylic acids is 2. The average molecular weight is 668 g/mol. The van der Waals surface area contributed by atoms with Crippen LogP contribution in [0.3, 0.4) is 0 Å². The van der Waals surface area contributed by atoms with Gasteiger partial charge < -0.3 is 15.0 Å². The van der Waals surface area contributed by atoms with Crippen molar-refractivity contribution in [2.24, 2.45) is 17.8 Å². The largest absolute Gasteiger partial charge is 0.490 e. The fourth-order valence-electron chi connectivity index (χ4n) is 7.84. The molecule has 8 nitrogen and oxygen atoms in total. The molecule has 1 spiro atoms. The van der Waals surface area contributed by atoms with Crippen molar-refractivity contribution >= 4 is 39.1 Å². The van der Waals surface area contributed by atoms with E-state index in [-0.39, 0.29) is 34.8 Å². The first-order valence-corrected chi connectivity index (χ1v) is 18.8. The molecule has 2 aliphatic carbocycles. The molecule has 1 fully saturated rings. The summed E-state index contributed by atoms with van der Waals surface area (Å²) in [5, 5.41) is 3.31. The number of fused-ring (bicyclic) bond motifs is 4. The lowest BCUT2D eigenvalue weighted by Gasteiger charge is -2.46. The second kappa shape index (κ2) is 13.2. The van der Waals surface area contributed by atoms with E-state index in [9.17, 15) is 18.0 Å². The monoisotopic (exact) mass is 667 g/mol. The minimum Gasteiger partial charge on any atom is -0.490 e. The van der Waals surface area contributed by atoms with Crippen molar-refractivity contribution < 1.29 is 22.7 Å². The van der Waals surface area contributed by atoms with Gasteiger partial charge in [0.2, 0.25) is 15.9 Å². The van der Waals surface area contributed by atoms with Gasteiger partial charge in [-0.25, -0.2) is 13.1 Å². The first-order chi connectivity index (χ1) is 22.0. The third-order valence-electron chi connectivity index (χ3n) is 10.7. The number of nitrogens with one attached hydrogen (secondary N) is 2. The smallest absolute Gasteiger partial charge is 0.264 e. The van der Waals surface area contributed by atoms with Crippen LogP contribution in [0.15, 0.2) is 48.6 Å². The molecule has 2 amide bonds. The predicted octanol–water partition coefficient (Wildman–Crippen LogP) is 6.17. The van der Waals surface area contributed by atoms with E-state index < -0.39 is 21.2 Å². The Morgan fingerprint density at radius 1 is 1.17 bits per heavy atom. The van der Waals surface area contributed by atoms with Crippen molar-refractivity contribution in [1.29, 1.82) is 0 Å². The number of hydrogen-bond donors (Lipinski definition) is 2. The molecule has 2 aromatic rings. The Hall–Kier alpha value is -3.04. The van der Waals surface area contributed by atoms with Crippen molar-refractivity contribution in [3.8, 4) is 5.75 Å². The quantitative estimate of drug-likeness (QED) is 0.380. The van der Waals surface area contributed by atoms with Crippen LogP contribution in [-0.2, 0) is 26.7 Å². The molecular weight excluding hydrogens is 622 g/mol. The Labute approximate surface area is 278 Å². The number of aryl methyl sites for hydroxylation is 1. The Kier molecular flexibility index (Phi) is 9.45. The second-order valence-corrected chi connectivity index (χ2v) is 16.4. The van der Waals surface area contributed by atoms with Crippen LogP contribution in [0.2, 0.25) is 5.02 Å². The van der Waals surface area contributed by atoms with Crippen molar-refractivity contribution in [2.75, 3.05) is 24.6 Å². The summed E-state index contributed by atoms with van der Waals surface area (Å²) in [5.41, 5.74) is 3.32. The normalized spacial score (nSPS) is 29.8. The zero-order valence-corrected chi connectivity index (χ0v) is 28.6. The van der Waals surface area contributed by atoms with E-state index >= 15 is 0 Å². The van der Waals surface area contributed by atoms with Gasteiger partial charge in [-0.2, -0.15) is 0 Å². The molecule has 2 bridgehead atoms. The minimum absolute atomic E-state index is 0.0148. The van der Waals surface area contributed by atoms with E-state index in [4.69, 9.17) is 16.3 Å². The summed E-state index contributed by atoms with van der Waals surface area (Å²) >= 11 is 6.43. The fourth-order valence-corrected chi connectivity index (χ4v) is 9.46. The molecule has 248 valence electrons. The van der Waals surface area contributed by atoms with Crippen LogP contribution in [0.5, 0.6) is 5.75 Å². The highest BCUT2D eigenvalue weighted by Crippen LogP contribution is 2.46. The number of hydrogen-bond acceptors (Lipinski definition) is 6. The lowest BCUT2D eigenvalue weighted by Crippen LogP contribution is -2.52. The molecule has 2 N–H and O–H groups in total. The van der Waals surface area contributed by atoms with Gasteiger partial charge in [0.25, 0.3) is 5.91 Å². The highest BCUT2D eigenvalue weighted by atomic mass is 35.5. The average Bonchev–Trinajstić information content (AvgIpc) is 3.15. The molecular formula is C36H46ClN3O5S. The van der Waals surface area contributed by atoms with E-state index in [1.54, 1.807) is 12.1 Å². The minimum atomic E-state index is -3.91. The number of halogens is 1. The Balaban J connectivity index is 1.42. The maximum Gasteiger partial charge on any atom is 0.264 e. The van der Waals surface area contributed by atoms with Crippen LogP contribution in [-0.4, -0.2) is 51.2 Å². The van der Waals surface area contributed by atoms with Crippen molar-refractivity contribution in [2.45, 2.75) is 88.8 Å². The summed E-state index contributed by atoms with van der Waals surface area (Å²) in [7, 11) is -3.91. The first-order valence-electron chi connectivity index (χ1n) is 16.8. The summed E-state index contributed by atoms with van der Waals surface area (Å²) < 4.78 is 35.7. The van der Waals surface area contributed by atoms with E-state index in [1.165, 1.54) is 11.1 Å². The van der Waals surface area contributed by atoms with Crippen LogP contribution >= 0.6 is 11.6 Å². The summed E-state index contributed by atoms with van der Waals surface area (Å²) in [6, 6.07) is 11.3. The number of anilines is 1. The molecule has 2 aliphatic heterocycles. The predicted molar refractivity (Wildman–Crippen MR) is 182 cm³/mol. The number of carbonyl (C=O) groups is 2. The number of sulfonamides is 1. The molecule has 46 heavy (non-hydrogen) atoms. The summed E-state index contributed by atoms with van der Waals surface area (Å²) in [6.07, 6.45) is 10.4. The number of rotatable bonds is 3. The maximum atomic E-state index is 13.5. The summed E-state index contributed by atoms with van der Waals surface area (Å²) in [4.78, 5) is 28.8. The number of ether oxygens (including phenoxy) is 1. The third kappa shape index (κ3) is 6.55. The van der Waals surface area contributed by atoms with Gasteiger partial charge in [0.05, 0.1) is 23.6 Å². The van der Waals surface area contributed by atoms with Crippen LogP contribution in [0.1, 0.15) is 87.2 Å². The summed E-state index contributed by atoms with van der Waals surface area (Å²) in [5.74, 6) is 0.487. The van der Waals surface area contributed by atoms with Gasteiger partial charge in [-0.1, -0.05) is 50.6 Å². The molecule has 0 aromatic heterocycles. The van der Waals surface area contributed by atoms with E-state index in [0.717, 1.165) is 49.4 Å². The molecule has 1 saturated carbocycles. The Bertz CT molecular complexity index is 1630. The van der Waals surface area contributed by atoms with Crippen LogP contribution < -0.4 is 19.7 Å². The highest BCUT2D eigenvalue weighted by Gasteiger charge is 2.44. The standard InChI is InChI=1S/C36H46ClN3O5S/c1-4-28-9-5-6-10-31(38-34(41)23(2)3)29-14-11-26(29)20-40-21-36(17-7-8-24-18-27(37)13-15-30(24)36)22-45-33-16-12-25(19-32(33)40)35(42)39-46(28,43)44/h6,10,12-13,15-16,18-19,23,26,28-29,31H,4-5,7-9,11,14,17,20-22H2,1-3H3,(H,38,41)(H,39,42)/b10-6+/t26?,28-,29-,31+,36+/m1/s1. The first kappa shape index (κ1) is 32.9. The van der Waals surface area contributed by atoms with Crippen LogP contribution in [0.25, 0.3) is 0 Å². The molecule has 0 radical (unpaired) electrons. The van der Waals surface area contributed by atoms with Gasteiger partial charge in [0.1, 0.15) is 5.75 Å². The number of allylic oxidation sites excluding steroid dienone is 1. The number of benzene rings is 2. The van der Waals surface area contributed by atoms with E-state index in [1.807, 2.05) is 39.0 Å². The van der Waals surface area contributed by atoms with Crippen molar-refractivity contribution in [1.82, 2.24) is 10.0 Å². The summed E-state index contributed by atoms with van der Waals surface area (Å²) in [6.45, 7) is 7.54. The highest BCUT2D eigenvalue weighted by molar-refractivity contribution is 7.90. The molecule has 2 heterocycles. The van der Waals surface area contributed by atoms with Gasteiger partial charge >= 0.3 is 0 Å². The zero-order chi connectivity index (χ0) is 32.6. The van der Waals surface area contributed by atoms with Crippen LogP contribution in [0, 0.1) is 17.8 Å². The third-order valence-corrected chi connectivity index (χ3v) is 12.8. The fraction of sp³-hybridized carbons (Fsp3) is 0.556. The second-order valence-electron chi connectivity index (χ2n) is 14.0. The van der Waals surface area contributed by atoms with E-state index in [0.29, 0.717) is 44.1 Å². The van der Waals surface area contributed by atoms with Gasteiger partial charge in [0, 0.05) is 35.0 Å². The molecule has 1 unspecified atom stereocenters. The topological polar surface area (TPSA) is 105 Å². The van der Waals surface area contributed by atoms with Crippen molar-refractivity contribution in [3.05, 3.63) is 70.3 Å². The van der Waals surface area contributed by atoms with Crippen molar-refractivity contribution in [3.63, 3.8) is 0 Å². The number of amides is 2. The van der Waals surface area contributed by atoms with Gasteiger partial charge in [0.15, 0.2) is 0 Å². The maximum absolute atomic E-state index is 13.5. The lowest BCUT2D eigenvalue weighted by atomic mass is 9.68. The molecule has 2 aromatic carbocycles. The van der Waals surface area contributed by atoms with E-state index in [2.05, 4.69) is 33.1 Å². The SMILES string of the molecule is CC[C@@H]1CC/C=C/[C@H](NC(=O)C(C)C)[C@@H]2CCC2CN2C[C@@]3(CCCc4cc(Cl)ccc43)COc3ccc(cc32)C(=O)NS1(=O)=O. The molecule has 5 atom stereocenters. The van der Waals surface area contributed by atoms with Gasteiger partial charge in [-0.3, -0.25) is 9.59 Å². The van der Waals surface area contributed by atoms with Crippen LogP contribution in [0.4, 0.5) is 5.69 Å². The van der Waals surface area contributed by atoms with Gasteiger partial charge in [-0.05, 0) is 105 Å². The Morgan fingerprint density at radius 2 is 2.00 bits per heavy atom. The number of nitrogens with zero attached hydrogens (tertiary/aromatic N) is 1. The molecule has 10 heteroatoms. The lowest BCUT2D eigenvalue weighted by molar-refractivity contribution is -0.125. The van der Waals surface area contributed by atoms with Gasteiger partial charge in [-0.15, -0.1) is 0 Å².